The Kier molecular flexibility index (Phi) is 8.73. The highest BCUT2D eigenvalue weighted by molar-refractivity contribution is 5.88. The molecule has 0 saturated heterocycles. The first-order chi connectivity index (χ1) is 18.5. The SMILES string of the molecule is CCOC(=O)Cn1c2c(c3cc(F)ccc31)CC(N=C(OC(C)(C)C)C(CC(=O)O)Cc1ccccc1)CC2. The van der Waals surface area contributed by atoms with E-state index in [9.17, 15) is 19.1 Å². The maximum absolute atomic E-state index is 14.3. The van der Waals surface area contributed by atoms with Gasteiger partial charge >= 0.3 is 11.9 Å². The molecule has 2 unspecified atom stereocenters. The highest BCUT2D eigenvalue weighted by atomic mass is 19.1. The lowest BCUT2D eigenvalue weighted by molar-refractivity contribution is -0.143. The highest BCUT2D eigenvalue weighted by Crippen LogP contribution is 2.34. The van der Waals surface area contributed by atoms with Gasteiger partial charge in [0.1, 0.15) is 18.0 Å². The lowest BCUT2D eigenvalue weighted by atomic mass is 9.90. The molecule has 0 fully saturated rings. The van der Waals surface area contributed by atoms with Crippen LogP contribution in [0.5, 0.6) is 0 Å². The first kappa shape index (κ1) is 28.3. The van der Waals surface area contributed by atoms with Gasteiger partial charge in [0.15, 0.2) is 5.90 Å². The first-order valence-corrected chi connectivity index (χ1v) is 13.5. The van der Waals surface area contributed by atoms with E-state index in [0.29, 0.717) is 38.2 Å². The Hall–Kier alpha value is -3.68. The van der Waals surface area contributed by atoms with Gasteiger partial charge in [-0.3, -0.25) is 14.6 Å². The number of benzene rings is 2. The number of aliphatic carboxylic acids is 1. The molecule has 0 amide bonds. The van der Waals surface area contributed by atoms with Crippen LogP contribution in [0.25, 0.3) is 10.9 Å². The normalized spacial score (nSPS) is 16.5. The fourth-order valence-corrected chi connectivity index (χ4v) is 5.30. The minimum absolute atomic E-state index is 0.0649. The molecular formula is C31H37FN2O5. The van der Waals surface area contributed by atoms with Gasteiger partial charge in [-0.2, -0.15) is 0 Å². The van der Waals surface area contributed by atoms with Gasteiger partial charge in [0.25, 0.3) is 0 Å². The van der Waals surface area contributed by atoms with Crippen molar-refractivity contribution in [2.24, 2.45) is 10.9 Å². The summed E-state index contributed by atoms with van der Waals surface area (Å²) in [5.41, 5.74) is 3.18. The number of aromatic nitrogens is 1. The number of halogens is 1. The van der Waals surface area contributed by atoms with Gasteiger partial charge in [0.2, 0.25) is 0 Å². The minimum Gasteiger partial charge on any atom is -0.481 e. The highest BCUT2D eigenvalue weighted by Gasteiger charge is 2.30. The molecule has 1 aromatic heterocycles. The molecule has 7 nitrogen and oxygen atoms in total. The number of carboxylic acids is 1. The number of nitrogens with zero attached hydrogens (tertiary/aromatic N) is 2. The van der Waals surface area contributed by atoms with Crippen LogP contribution in [0.1, 0.15) is 57.4 Å². The topological polar surface area (TPSA) is 90.1 Å². The molecule has 2 atom stereocenters. The largest absolute Gasteiger partial charge is 0.481 e. The Morgan fingerprint density at radius 3 is 2.59 bits per heavy atom. The second kappa shape index (κ2) is 12.0. The molecule has 0 radical (unpaired) electrons. The maximum Gasteiger partial charge on any atom is 0.325 e. The molecule has 4 rings (SSSR count). The van der Waals surface area contributed by atoms with Gasteiger partial charge in [0.05, 0.1) is 19.1 Å². The van der Waals surface area contributed by atoms with Crippen LogP contribution in [0.4, 0.5) is 4.39 Å². The van der Waals surface area contributed by atoms with Crippen molar-refractivity contribution in [2.45, 2.75) is 78.0 Å². The summed E-state index contributed by atoms with van der Waals surface area (Å²) in [5.74, 6) is -1.59. The van der Waals surface area contributed by atoms with Crippen LogP contribution in [-0.4, -0.2) is 45.8 Å². The lowest BCUT2D eigenvalue weighted by Gasteiger charge is -2.29. The summed E-state index contributed by atoms with van der Waals surface area (Å²) in [6, 6.07) is 14.2. The summed E-state index contributed by atoms with van der Waals surface area (Å²) >= 11 is 0. The third kappa shape index (κ3) is 7.25. The summed E-state index contributed by atoms with van der Waals surface area (Å²) < 4.78 is 27.8. The first-order valence-electron chi connectivity index (χ1n) is 13.5. The smallest absolute Gasteiger partial charge is 0.325 e. The lowest BCUT2D eigenvalue weighted by Crippen LogP contribution is -2.33. The molecule has 1 heterocycles. The third-order valence-electron chi connectivity index (χ3n) is 6.81. The van der Waals surface area contributed by atoms with Crippen LogP contribution >= 0.6 is 0 Å². The van der Waals surface area contributed by atoms with Crippen molar-refractivity contribution in [3.63, 3.8) is 0 Å². The zero-order valence-electron chi connectivity index (χ0n) is 23.1. The predicted molar refractivity (Wildman–Crippen MR) is 149 cm³/mol. The Balaban J connectivity index is 1.71. The Bertz CT molecular complexity index is 1360. The van der Waals surface area contributed by atoms with Gasteiger partial charge in [-0.1, -0.05) is 30.3 Å². The Morgan fingerprint density at radius 2 is 1.92 bits per heavy atom. The van der Waals surface area contributed by atoms with E-state index in [4.69, 9.17) is 14.5 Å². The second-order valence-corrected chi connectivity index (χ2v) is 11.0. The fraction of sp³-hybridized carbons (Fsp3) is 0.452. The van der Waals surface area contributed by atoms with Crippen molar-refractivity contribution >= 4 is 28.7 Å². The molecule has 208 valence electrons. The van der Waals surface area contributed by atoms with Crippen molar-refractivity contribution in [3.8, 4) is 0 Å². The Morgan fingerprint density at radius 1 is 1.18 bits per heavy atom. The number of hydrogen-bond donors (Lipinski definition) is 1. The summed E-state index contributed by atoms with van der Waals surface area (Å²) in [4.78, 5) is 29.2. The zero-order valence-corrected chi connectivity index (χ0v) is 23.1. The fourth-order valence-electron chi connectivity index (χ4n) is 5.30. The van der Waals surface area contributed by atoms with Crippen LogP contribution < -0.4 is 0 Å². The summed E-state index contributed by atoms with van der Waals surface area (Å²) in [7, 11) is 0. The van der Waals surface area contributed by atoms with Crippen LogP contribution in [-0.2, 0) is 44.9 Å². The summed E-state index contributed by atoms with van der Waals surface area (Å²) in [6.07, 6.45) is 2.25. The summed E-state index contributed by atoms with van der Waals surface area (Å²) in [6.45, 7) is 7.90. The predicted octanol–water partition coefficient (Wildman–Crippen LogP) is 5.75. The standard InChI is InChI=1S/C31H37FN2O5/c1-5-38-29(37)19-34-26-13-11-22(32)17-24(26)25-18-23(12-14-27(25)34)33-30(39-31(2,3)4)21(16-28(35)36)15-20-9-7-6-8-10-20/h6-11,13,17,21,23H,5,12,14-16,18-19H2,1-4H3,(H,35,36). The van der Waals surface area contributed by atoms with E-state index >= 15 is 0 Å². The monoisotopic (exact) mass is 536 g/mol. The molecule has 3 aromatic rings. The van der Waals surface area contributed by atoms with E-state index in [1.54, 1.807) is 13.0 Å². The zero-order chi connectivity index (χ0) is 28.2. The number of rotatable bonds is 9. The molecule has 1 N–H and O–H groups in total. The van der Waals surface area contributed by atoms with Crippen LogP contribution in [0.2, 0.25) is 0 Å². The van der Waals surface area contributed by atoms with Gasteiger partial charge in [-0.05, 0) is 82.7 Å². The van der Waals surface area contributed by atoms with Crippen LogP contribution in [0, 0.1) is 11.7 Å². The summed E-state index contributed by atoms with van der Waals surface area (Å²) in [5, 5.41) is 10.5. The van der Waals surface area contributed by atoms with Crippen LogP contribution in [0.3, 0.4) is 0 Å². The molecule has 1 aliphatic rings. The number of carboxylic acid groups (broad SMARTS) is 1. The number of carbonyl (C=O) groups excluding carboxylic acids is 1. The molecule has 0 spiro atoms. The molecule has 8 heteroatoms. The average Bonchev–Trinajstić information content (AvgIpc) is 3.15. The molecule has 0 bridgehead atoms. The molecular weight excluding hydrogens is 499 g/mol. The van der Waals surface area contributed by atoms with Gasteiger partial charge in [-0.25, -0.2) is 4.39 Å². The quantitative estimate of drug-likeness (QED) is 0.214. The number of fused-ring (bicyclic) bond motifs is 3. The number of hydrogen-bond acceptors (Lipinski definition) is 5. The van der Waals surface area contributed by atoms with Crippen molar-refractivity contribution in [1.29, 1.82) is 0 Å². The van der Waals surface area contributed by atoms with E-state index < -0.39 is 17.5 Å². The second-order valence-electron chi connectivity index (χ2n) is 11.0. The molecule has 1 aliphatic carbocycles. The van der Waals surface area contributed by atoms with Crippen molar-refractivity contribution in [1.82, 2.24) is 4.57 Å². The number of carbonyl (C=O) groups is 2. The van der Waals surface area contributed by atoms with E-state index in [1.807, 2.05) is 55.7 Å². The van der Waals surface area contributed by atoms with E-state index in [1.165, 1.54) is 12.1 Å². The van der Waals surface area contributed by atoms with Gasteiger partial charge in [-0.15, -0.1) is 0 Å². The van der Waals surface area contributed by atoms with Crippen molar-refractivity contribution in [3.05, 3.63) is 71.2 Å². The van der Waals surface area contributed by atoms with Crippen molar-refractivity contribution < 1.29 is 28.6 Å². The molecule has 39 heavy (non-hydrogen) atoms. The molecule has 0 saturated carbocycles. The molecule has 2 aromatic carbocycles. The van der Waals surface area contributed by atoms with Crippen LogP contribution in [0.15, 0.2) is 53.5 Å². The van der Waals surface area contributed by atoms with E-state index in [-0.39, 0.29) is 30.8 Å². The number of aliphatic imine (C=N–C) groups is 1. The maximum atomic E-state index is 14.3. The minimum atomic E-state index is -0.912. The van der Waals surface area contributed by atoms with Gasteiger partial charge < -0.3 is 19.1 Å². The Labute approximate surface area is 228 Å². The van der Waals surface area contributed by atoms with Crippen molar-refractivity contribution in [2.75, 3.05) is 6.61 Å². The number of ether oxygens (including phenoxy) is 2. The number of esters is 1. The van der Waals surface area contributed by atoms with Gasteiger partial charge in [0, 0.05) is 22.5 Å². The van der Waals surface area contributed by atoms with E-state index in [0.717, 1.165) is 27.7 Å². The molecule has 0 aliphatic heterocycles. The average molecular weight is 537 g/mol. The van der Waals surface area contributed by atoms with E-state index in [2.05, 4.69) is 0 Å². The third-order valence-corrected chi connectivity index (χ3v) is 6.81.